The van der Waals surface area contributed by atoms with Crippen molar-refractivity contribution in [2.75, 3.05) is 26.4 Å². The van der Waals surface area contributed by atoms with Gasteiger partial charge in [0.15, 0.2) is 12.6 Å². The average molecular weight is 504 g/mol. The third-order valence-electron chi connectivity index (χ3n) is 6.17. The first-order valence-corrected chi connectivity index (χ1v) is 10.6. The highest BCUT2D eigenvalue weighted by molar-refractivity contribution is 5.01. The molecule has 16 heteroatoms. The van der Waals surface area contributed by atoms with E-state index in [-0.39, 0.29) is 0 Å². The Kier molecular flexibility index (Phi) is 9.18. The van der Waals surface area contributed by atoms with Crippen molar-refractivity contribution in [2.24, 2.45) is 0 Å². The molecule has 0 bridgehead atoms. The van der Waals surface area contributed by atoms with Gasteiger partial charge in [-0.1, -0.05) is 0 Å². The summed E-state index contributed by atoms with van der Waals surface area (Å²) < 4.78 is 27.0. The van der Waals surface area contributed by atoms with Crippen LogP contribution < -0.4 is 0 Å². The van der Waals surface area contributed by atoms with Crippen LogP contribution in [0.25, 0.3) is 0 Å². The summed E-state index contributed by atoms with van der Waals surface area (Å²) >= 11 is 0. The smallest absolute Gasteiger partial charge is 0.224 e. The predicted octanol–water partition coefficient (Wildman–Crippen LogP) is -7.57. The van der Waals surface area contributed by atoms with Gasteiger partial charge in [-0.25, -0.2) is 0 Å². The van der Waals surface area contributed by atoms with Gasteiger partial charge < -0.3 is 79.9 Å². The zero-order chi connectivity index (χ0) is 25.4. The Bertz CT molecular complexity index is 651. The third-order valence-corrected chi connectivity index (χ3v) is 6.17. The molecule has 3 fully saturated rings. The lowest BCUT2D eigenvalue weighted by Gasteiger charge is -2.45. The van der Waals surface area contributed by atoms with Gasteiger partial charge in [0, 0.05) is 0 Å². The van der Waals surface area contributed by atoms with Crippen molar-refractivity contribution in [3.8, 4) is 0 Å². The van der Waals surface area contributed by atoms with E-state index >= 15 is 0 Å². The van der Waals surface area contributed by atoms with Crippen LogP contribution >= 0.6 is 0 Å². The SMILES string of the molecule is OC[C@@H]1O[C@H](O[C@H]2[C@H](O)[C@@H](CO)O[C@]2(CO)O[C@H]2O[C@@H](CO)[C@@H](O)[C@@H](O)[C@@H]2O)[C@@H](O)[C@H](O)[C@@H]1O. The lowest BCUT2D eigenvalue weighted by Crippen LogP contribution is -2.64. The lowest BCUT2D eigenvalue weighted by molar-refractivity contribution is -0.400. The van der Waals surface area contributed by atoms with Crippen molar-refractivity contribution >= 4 is 0 Å². The van der Waals surface area contributed by atoms with E-state index in [2.05, 4.69) is 0 Å². The summed E-state index contributed by atoms with van der Waals surface area (Å²) in [7, 11) is 0. The van der Waals surface area contributed by atoms with Crippen molar-refractivity contribution in [3.05, 3.63) is 0 Å². The molecule has 34 heavy (non-hydrogen) atoms. The molecule has 0 amide bonds. The van der Waals surface area contributed by atoms with Crippen LogP contribution in [0.15, 0.2) is 0 Å². The van der Waals surface area contributed by atoms with Crippen molar-refractivity contribution in [2.45, 2.75) is 85.5 Å². The van der Waals surface area contributed by atoms with Crippen LogP contribution in [-0.4, -0.2) is 168 Å². The van der Waals surface area contributed by atoms with Gasteiger partial charge in [0.25, 0.3) is 0 Å². The van der Waals surface area contributed by atoms with Gasteiger partial charge in [0.1, 0.15) is 73.8 Å². The van der Waals surface area contributed by atoms with Gasteiger partial charge in [-0.05, 0) is 0 Å². The van der Waals surface area contributed by atoms with E-state index in [9.17, 15) is 56.2 Å². The summed E-state index contributed by atoms with van der Waals surface area (Å²) in [5.74, 6) is -2.43. The summed E-state index contributed by atoms with van der Waals surface area (Å²) in [5.41, 5.74) is 0. The molecule has 3 aliphatic rings. The molecule has 3 rings (SSSR count). The molecule has 200 valence electrons. The second-order valence-electron chi connectivity index (χ2n) is 8.37. The van der Waals surface area contributed by atoms with Crippen LogP contribution in [0.2, 0.25) is 0 Å². The molecular weight excluding hydrogens is 472 g/mol. The van der Waals surface area contributed by atoms with Crippen LogP contribution in [-0.2, 0) is 23.7 Å². The second-order valence-corrected chi connectivity index (χ2v) is 8.37. The highest BCUT2D eigenvalue weighted by Gasteiger charge is 2.61. The van der Waals surface area contributed by atoms with Crippen LogP contribution in [0.1, 0.15) is 0 Å². The Hall–Kier alpha value is -0.640. The molecule has 0 aliphatic carbocycles. The molecule has 14 atom stereocenters. The normalized spacial score (nSPS) is 52.1. The molecule has 3 aliphatic heterocycles. The Morgan fingerprint density at radius 1 is 0.559 bits per heavy atom. The van der Waals surface area contributed by atoms with Gasteiger partial charge >= 0.3 is 0 Å². The van der Waals surface area contributed by atoms with Crippen molar-refractivity contribution in [1.29, 1.82) is 0 Å². The fraction of sp³-hybridized carbons (Fsp3) is 1.00. The van der Waals surface area contributed by atoms with E-state index in [4.69, 9.17) is 23.7 Å². The Morgan fingerprint density at radius 2 is 1.03 bits per heavy atom. The first kappa shape index (κ1) is 27.9. The lowest BCUT2D eigenvalue weighted by atomic mass is 9.98. The molecule has 0 aromatic carbocycles. The first-order chi connectivity index (χ1) is 16.0. The summed E-state index contributed by atoms with van der Waals surface area (Å²) in [6.45, 7) is -3.49. The van der Waals surface area contributed by atoms with E-state index < -0.39 is 112 Å². The van der Waals surface area contributed by atoms with Gasteiger partial charge in [0.05, 0.1) is 19.8 Å². The van der Waals surface area contributed by atoms with E-state index in [1.807, 2.05) is 0 Å². The van der Waals surface area contributed by atoms with E-state index in [1.165, 1.54) is 0 Å². The molecule has 11 N–H and O–H groups in total. The minimum Gasteiger partial charge on any atom is -0.394 e. The molecule has 3 saturated heterocycles. The predicted molar refractivity (Wildman–Crippen MR) is 101 cm³/mol. The summed E-state index contributed by atoms with van der Waals surface area (Å²) in [5, 5.41) is 109. The zero-order valence-corrected chi connectivity index (χ0v) is 17.8. The summed E-state index contributed by atoms with van der Waals surface area (Å²) in [4.78, 5) is 0. The summed E-state index contributed by atoms with van der Waals surface area (Å²) in [6, 6.07) is 0. The molecule has 3 heterocycles. The van der Waals surface area contributed by atoms with E-state index in [0.29, 0.717) is 0 Å². The number of aliphatic hydroxyl groups excluding tert-OH is 11. The van der Waals surface area contributed by atoms with Crippen LogP contribution in [0, 0.1) is 0 Å². The van der Waals surface area contributed by atoms with Crippen LogP contribution in [0.5, 0.6) is 0 Å². The monoisotopic (exact) mass is 504 g/mol. The number of aliphatic hydroxyl groups is 11. The summed E-state index contributed by atoms with van der Waals surface area (Å²) in [6.07, 6.45) is -22.3. The molecule has 0 unspecified atom stereocenters. The fourth-order valence-corrected chi connectivity index (χ4v) is 4.12. The van der Waals surface area contributed by atoms with Gasteiger partial charge in [0.2, 0.25) is 5.79 Å². The van der Waals surface area contributed by atoms with E-state index in [1.54, 1.807) is 0 Å². The van der Waals surface area contributed by atoms with E-state index in [0.717, 1.165) is 0 Å². The molecule has 0 spiro atoms. The highest BCUT2D eigenvalue weighted by Crippen LogP contribution is 2.39. The fourth-order valence-electron chi connectivity index (χ4n) is 4.12. The van der Waals surface area contributed by atoms with Crippen LogP contribution in [0.4, 0.5) is 0 Å². The molecular formula is C18H32O16. The van der Waals surface area contributed by atoms with Gasteiger partial charge in [-0.3, -0.25) is 0 Å². The highest BCUT2D eigenvalue weighted by atomic mass is 16.8. The molecule has 0 radical (unpaired) electrons. The molecule has 0 aromatic rings. The van der Waals surface area contributed by atoms with Gasteiger partial charge in [-0.15, -0.1) is 0 Å². The maximum atomic E-state index is 10.6. The molecule has 0 aromatic heterocycles. The Morgan fingerprint density at radius 3 is 1.50 bits per heavy atom. The molecule has 0 saturated carbocycles. The third kappa shape index (κ3) is 4.96. The van der Waals surface area contributed by atoms with Crippen LogP contribution in [0.3, 0.4) is 0 Å². The van der Waals surface area contributed by atoms with Crippen molar-refractivity contribution < 1.29 is 79.9 Å². The number of ether oxygens (including phenoxy) is 5. The Balaban J connectivity index is 1.87. The minimum atomic E-state index is -2.43. The first-order valence-electron chi connectivity index (χ1n) is 10.6. The zero-order valence-electron chi connectivity index (χ0n) is 17.8. The molecule has 16 nitrogen and oxygen atoms in total. The second kappa shape index (κ2) is 11.2. The standard InChI is InChI=1S/C18H32O16/c19-1-5-8(23)11(26)13(28)16(30-5)32-15-10(25)7(3-21)33-18(15,4-22)34-17-14(29)12(27)9(24)6(2-20)31-17/h5-17,19-29H,1-4H2/t5-,6-,7+,8+,9+,10+,11+,12+,13-,14-,15-,16+,17+,18+/m0/s1. The van der Waals surface area contributed by atoms with Crippen molar-refractivity contribution in [1.82, 2.24) is 0 Å². The maximum Gasteiger partial charge on any atom is 0.224 e. The van der Waals surface area contributed by atoms with Crippen molar-refractivity contribution in [3.63, 3.8) is 0 Å². The largest absolute Gasteiger partial charge is 0.394 e. The van der Waals surface area contributed by atoms with Gasteiger partial charge in [-0.2, -0.15) is 0 Å². The topological polar surface area (TPSA) is 269 Å². The number of hydrogen-bond donors (Lipinski definition) is 11. The Labute approximate surface area is 192 Å². The number of hydrogen-bond acceptors (Lipinski definition) is 16. The minimum absolute atomic E-state index is 0.777. The quantitative estimate of drug-likeness (QED) is 0.146. The average Bonchev–Trinajstić information content (AvgIpc) is 3.10. The maximum absolute atomic E-state index is 10.6. The number of rotatable bonds is 8.